The van der Waals surface area contributed by atoms with Gasteiger partial charge in [-0.2, -0.15) is 0 Å². The number of carbonyl (C=O) groups excluding carboxylic acids is 2. The molecule has 3 aromatic rings. The Morgan fingerprint density at radius 3 is 2.22 bits per heavy atom. The monoisotopic (exact) mass is 566 g/mol. The average molecular weight is 568 g/mol. The van der Waals surface area contributed by atoms with Crippen molar-refractivity contribution in [1.82, 2.24) is 9.80 Å². The van der Waals surface area contributed by atoms with E-state index in [1.165, 1.54) is 6.07 Å². The first kappa shape index (κ1) is 26.8. The minimum Gasteiger partial charge on any atom is -0.367 e. The van der Waals surface area contributed by atoms with E-state index in [9.17, 15) is 9.59 Å². The first-order valence-electron chi connectivity index (χ1n) is 12.6. The highest BCUT2D eigenvalue weighted by Crippen LogP contribution is 2.29. The van der Waals surface area contributed by atoms with Gasteiger partial charge < -0.3 is 15.1 Å². The van der Waals surface area contributed by atoms with Crippen LogP contribution in [-0.2, 0) is 4.79 Å². The Morgan fingerprint density at radius 1 is 0.946 bits per heavy atom. The molecule has 3 aromatic carbocycles. The van der Waals surface area contributed by atoms with E-state index in [0.717, 1.165) is 5.56 Å². The summed E-state index contributed by atoms with van der Waals surface area (Å²) in [5, 5.41) is 2.77. The van der Waals surface area contributed by atoms with E-state index in [0.29, 0.717) is 60.7 Å². The van der Waals surface area contributed by atoms with Crippen LogP contribution in [0.1, 0.15) is 35.8 Å². The molecule has 1 fully saturated rings. The van der Waals surface area contributed by atoms with Crippen LogP contribution in [0.2, 0.25) is 0 Å². The van der Waals surface area contributed by atoms with E-state index in [2.05, 4.69) is 26.1 Å². The van der Waals surface area contributed by atoms with Gasteiger partial charge in [0.2, 0.25) is 5.91 Å². The molecule has 8 heteroatoms. The molecule has 1 unspecified atom stereocenters. The van der Waals surface area contributed by atoms with Crippen molar-refractivity contribution in [2.24, 2.45) is 0 Å². The third-order valence-electron chi connectivity index (χ3n) is 6.77. The zero-order valence-electron chi connectivity index (χ0n) is 21.2. The number of anilines is 2. The number of carbonyl (C=O) groups is 2. The summed E-state index contributed by atoms with van der Waals surface area (Å²) in [5.41, 5.74) is 2.35. The Morgan fingerprint density at radius 2 is 1.59 bits per heavy atom. The van der Waals surface area contributed by atoms with Crippen molar-refractivity contribution < 1.29 is 14.0 Å². The number of hydrogen-bond acceptors (Lipinski definition) is 4. The molecule has 1 heterocycles. The summed E-state index contributed by atoms with van der Waals surface area (Å²) in [4.78, 5) is 32.1. The minimum absolute atomic E-state index is 0.0981. The number of piperazine rings is 1. The highest BCUT2D eigenvalue weighted by atomic mass is 79.9. The molecule has 4 rings (SSSR count). The molecule has 2 amide bonds. The number of halogens is 2. The van der Waals surface area contributed by atoms with Crippen LogP contribution in [0.3, 0.4) is 0 Å². The van der Waals surface area contributed by atoms with Crippen molar-refractivity contribution in [1.29, 1.82) is 0 Å². The molecule has 0 bridgehead atoms. The van der Waals surface area contributed by atoms with Crippen molar-refractivity contribution in [3.8, 4) is 0 Å². The van der Waals surface area contributed by atoms with E-state index >= 15 is 4.39 Å². The molecular formula is C29H32BrFN4O2. The summed E-state index contributed by atoms with van der Waals surface area (Å²) in [5.74, 6) is -0.601. The molecule has 1 saturated heterocycles. The van der Waals surface area contributed by atoms with Crippen molar-refractivity contribution in [3.63, 3.8) is 0 Å². The van der Waals surface area contributed by atoms with Crippen LogP contribution < -0.4 is 10.2 Å². The van der Waals surface area contributed by atoms with E-state index in [-0.39, 0.29) is 17.9 Å². The van der Waals surface area contributed by atoms with Gasteiger partial charge in [0.1, 0.15) is 11.9 Å². The zero-order chi connectivity index (χ0) is 26.4. The average Bonchev–Trinajstić information content (AvgIpc) is 2.91. The number of hydrogen-bond donors (Lipinski definition) is 1. The highest BCUT2D eigenvalue weighted by molar-refractivity contribution is 9.10. The fourth-order valence-corrected chi connectivity index (χ4v) is 5.22. The third-order valence-corrected chi connectivity index (χ3v) is 7.46. The molecule has 194 valence electrons. The SMILES string of the molecule is CCN(CC)C(=O)C(c1ccccc1)N1CCN(c2ccc(NC(=O)c3ccccc3Br)cc2F)CC1. The van der Waals surface area contributed by atoms with E-state index in [1.807, 2.05) is 60.0 Å². The predicted octanol–water partition coefficient (Wildman–Crippen LogP) is 5.57. The summed E-state index contributed by atoms with van der Waals surface area (Å²) in [6.07, 6.45) is 0. The molecule has 0 radical (unpaired) electrons. The summed E-state index contributed by atoms with van der Waals surface area (Å²) in [7, 11) is 0. The van der Waals surface area contributed by atoms with E-state index in [4.69, 9.17) is 0 Å². The topological polar surface area (TPSA) is 55.9 Å². The molecule has 0 aliphatic carbocycles. The zero-order valence-corrected chi connectivity index (χ0v) is 22.7. The first-order chi connectivity index (χ1) is 17.9. The van der Waals surface area contributed by atoms with Crippen LogP contribution in [-0.4, -0.2) is 60.9 Å². The predicted molar refractivity (Wildman–Crippen MR) is 149 cm³/mol. The summed E-state index contributed by atoms with van der Waals surface area (Å²) >= 11 is 3.37. The molecule has 37 heavy (non-hydrogen) atoms. The Balaban J connectivity index is 1.45. The second-order valence-corrected chi connectivity index (χ2v) is 9.80. The van der Waals surface area contributed by atoms with Gasteiger partial charge in [-0.05, 0) is 65.7 Å². The molecule has 1 aliphatic heterocycles. The molecule has 1 aliphatic rings. The van der Waals surface area contributed by atoms with Gasteiger partial charge >= 0.3 is 0 Å². The van der Waals surface area contributed by atoms with Gasteiger partial charge in [0.05, 0.1) is 11.3 Å². The van der Waals surface area contributed by atoms with Crippen LogP contribution in [0.15, 0.2) is 77.3 Å². The van der Waals surface area contributed by atoms with Gasteiger partial charge in [0.15, 0.2) is 0 Å². The van der Waals surface area contributed by atoms with Crippen LogP contribution in [0, 0.1) is 5.82 Å². The summed E-state index contributed by atoms with van der Waals surface area (Å²) in [6.45, 7) is 7.76. The van der Waals surface area contributed by atoms with Crippen LogP contribution in [0.25, 0.3) is 0 Å². The molecule has 0 saturated carbocycles. The second-order valence-electron chi connectivity index (χ2n) is 8.95. The molecule has 1 atom stereocenters. The first-order valence-corrected chi connectivity index (χ1v) is 13.4. The molecule has 6 nitrogen and oxygen atoms in total. The Bertz CT molecular complexity index is 1230. The standard InChI is InChI=1S/C29H32BrFN4O2/c1-3-33(4-2)29(37)27(21-10-6-5-7-11-21)35-18-16-34(17-19-35)26-15-14-22(20-25(26)31)32-28(36)23-12-8-9-13-24(23)30/h5-15,20,27H,3-4,16-19H2,1-2H3,(H,32,36). The lowest BCUT2D eigenvalue weighted by Gasteiger charge is -2.41. The smallest absolute Gasteiger partial charge is 0.256 e. The lowest BCUT2D eigenvalue weighted by molar-refractivity contribution is -0.137. The minimum atomic E-state index is -0.391. The number of nitrogens with one attached hydrogen (secondary N) is 1. The number of amides is 2. The Hall–Kier alpha value is -3.23. The van der Waals surface area contributed by atoms with Gasteiger partial charge in [0, 0.05) is 49.4 Å². The number of nitrogens with zero attached hydrogens (tertiary/aromatic N) is 3. The highest BCUT2D eigenvalue weighted by Gasteiger charge is 2.33. The second kappa shape index (κ2) is 12.3. The fourth-order valence-electron chi connectivity index (χ4n) is 4.76. The Labute approximate surface area is 226 Å². The van der Waals surface area contributed by atoms with E-state index < -0.39 is 5.82 Å². The van der Waals surface area contributed by atoms with Crippen molar-refractivity contribution in [3.05, 3.63) is 94.2 Å². The molecule has 1 N–H and O–H groups in total. The molecule has 0 aromatic heterocycles. The summed E-state index contributed by atoms with van der Waals surface area (Å²) in [6, 6.07) is 21.4. The van der Waals surface area contributed by atoms with Crippen LogP contribution >= 0.6 is 15.9 Å². The molecular weight excluding hydrogens is 535 g/mol. The maximum atomic E-state index is 15.1. The van der Waals surface area contributed by atoms with Gasteiger partial charge in [-0.3, -0.25) is 14.5 Å². The largest absolute Gasteiger partial charge is 0.367 e. The fraction of sp³-hybridized carbons (Fsp3) is 0.310. The lowest BCUT2D eigenvalue weighted by atomic mass is 10.0. The van der Waals surface area contributed by atoms with Crippen molar-refractivity contribution in [2.45, 2.75) is 19.9 Å². The van der Waals surface area contributed by atoms with Crippen molar-refractivity contribution in [2.75, 3.05) is 49.5 Å². The normalized spacial score (nSPS) is 14.8. The quantitative estimate of drug-likeness (QED) is 0.387. The molecule has 0 spiro atoms. The number of likely N-dealkylation sites (N-methyl/N-ethyl adjacent to an activating group) is 1. The van der Waals surface area contributed by atoms with Crippen LogP contribution in [0.4, 0.5) is 15.8 Å². The third kappa shape index (κ3) is 6.19. The van der Waals surface area contributed by atoms with E-state index in [1.54, 1.807) is 30.3 Å². The lowest BCUT2D eigenvalue weighted by Crippen LogP contribution is -2.51. The van der Waals surface area contributed by atoms with Gasteiger partial charge in [0.25, 0.3) is 5.91 Å². The maximum absolute atomic E-state index is 15.1. The van der Waals surface area contributed by atoms with Gasteiger partial charge in [-0.25, -0.2) is 4.39 Å². The van der Waals surface area contributed by atoms with Gasteiger partial charge in [-0.15, -0.1) is 0 Å². The summed E-state index contributed by atoms with van der Waals surface area (Å²) < 4.78 is 15.8. The Kier molecular flexibility index (Phi) is 8.95. The van der Waals surface area contributed by atoms with Crippen LogP contribution in [0.5, 0.6) is 0 Å². The van der Waals surface area contributed by atoms with Crippen molar-refractivity contribution >= 4 is 39.1 Å². The number of rotatable bonds is 8. The number of benzene rings is 3. The van der Waals surface area contributed by atoms with Gasteiger partial charge in [-0.1, -0.05) is 42.5 Å². The maximum Gasteiger partial charge on any atom is 0.256 e.